The third-order valence-electron chi connectivity index (χ3n) is 6.85. The summed E-state index contributed by atoms with van der Waals surface area (Å²) in [5.74, 6) is 1.59. The molecule has 1 aliphatic carbocycles. The number of thioether (sulfide) groups is 1. The van der Waals surface area contributed by atoms with Crippen molar-refractivity contribution >= 4 is 34.7 Å². The minimum atomic E-state index is -0.0916. The predicted molar refractivity (Wildman–Crippen MR) is 155 cm³/mol. The van der Waals surface area contributed by atoms with E-state index in [0.717, 1.165) is 38.0 Å². The summed E-state index contributed by atoms with van der Waals surface area (Å²) >= 11 is 3.20. The van der Waals surface area contributed by atoms with Crippen molar-refractivity contribution in [3.05, 3.63) is 117 Å². The van der Waals surface area contributed by atoms with E-state index in [4.69, 9.17) is 4.74 Å². The summed E-state index contributed by atoms with van der Waals surface area (Å²) in [5, 5.41) is 16.9. The molecule has 3 aromatic carbocycles. The SMILES string of the molecule is COc1ccc(C2C/C(=N\O)c3c(SCc4ccccc4)sc(C(=O)NCc4ccc(C)cc4)c3C2)cc1. The second kappa shape index (κ2) is 11.9. The summed E-state index contributed by atoms with van der Waals surface area (Å²) in [6, 6.07) is 26.5. The number of rotatable bonds is 8. The molecule has 2 N–H and O–H groups in total. The lowest BCUT2D eigenvalue weighted by Crippen LogP contribution is -2.25. The van der Waals surface area contributed by atoms with Crippen molar-refractivity contribution in [3.63, 3.8) is 0 Å². The third-order valence-corrected chi connectivity index (χ3v) is 9.43. The largest absolute Gasteiger partial charge is 0.497 e. The molecule has 1 unspecified atom stereocenters. The first-order chi connectivity index (χ1) is 18.6. The molecule has 7 heteroatoms. The molecule has 0 radical (unpaired) electrons. The molecule has 5 rings (SSSR count). The van der Waals surface area contributed by atoms with Crippen LogP contribution in [-0.4, -0.2) is 23.9 Å². The first-order valence-corrected chi connectivity index (χ1v) is 14.4. The molecular weight excluding hydrogens is 512 g/mol. The molecule has 0 spiro atoms. The number of carbonyl (C=O) groups is 1. The van der Waals surface area contributed by atoms with Crippen LogP contribution in [0.5, 0.6) is 5.75 Å². The van der Waals surface area contributed by atoms with Gasteiger partial charge < -0.3 is 15.3 Å². The van der Waals surface area contributed by atoms with E-state index in [1.165, 1.54) is 22.5 Å². The van der Waals surface area contributed by atoms with E-state index in [-0.39, 0.29) is 11.8 Å². The number of carbonyl (C=O) groups excluding carboxylic acids is 1. The van der Waals surface area contributed by atoms with E-state index in [1.54, 1.807) is 18.9 Å². The van der Waals surface area contributed by atoms with Gasteiger partial charge in [-0.2, -0.15) is 0 Å². The Morgan fingerprint density at radius 1 is 1.03 bits per heavy atom. The monoisotopic (exact) mass is 542 g/mol. The van der Waals surface area contributed by atoms with Gasteiger partial charge in [0.2, 0.25) is 0 Å². The van der Waals surface area contributed by atoms with Gasteiger partial charge in [0.25, 0.3) is 5.91 Å². The number of thiophene rings is 1. The van der Waals surface area contributed by atoms with E-state index in [9.17, 15) is 10.0 Å². The van der Waals surface area contributed by atoms with Crippen LogP contribution in [0.1, 0.15) is 55.4 Å². The molecular formula is C31H30N2O3S2. The lowest BCUT2D eigenvalue weighted by Gasteiger charge is -2.25. The van der Waals surface area contributed by atoms with Crippen LogP contribution in [-0.2, 0) is 18.7 Å². The normalized spacial score (nSPS) is 15.7. The third kappa shape index (κ3) is 5.79. The van der Waals surface area contributed by atoms with Gasteiger partial charge in [-0.3, -0.25) is 4.79 Å². The molecule has 1 amide bonds. The number of benzene rings is 3. The van der Waals surface area contributed by atoms with Crippen LogP contribution in [0, 0.1) is 6.92 Å². The number of nitrogens with zero attached hydrogens (tertiary/aromatic N) is 1. The Kier molecular flexibility index (Phi) is 8.15. The summed E-state index contributed by atoms with van der Waals surface area (Å²) in [5.41, 5.74) is 7.11. The molecule has 1 atom stereocenters. The van der Waals surface area contributed by atoms with E-state index in [1.807, 2.05) is 42.5 Å². The zero-order valence-electron chi connectivity index (χ0n) is 21.4. The van der Waals surface area contributed by atoms with E-state index in [0.29, 0.717) is 30.0 Å². The topological polar surface area (TPSA) is 70.9 Å². The number of hydrogen-bond acceptors (Lipinski definition) is 6. The summed E-state index contributed by atoms with van der Waals surface area (Å²) in [7, 11) is 1.65. The molecule has 5 nitrogen and oxygen atoms in total. The van der Waals surface area contributed by atoms with Crippen LogP contribution in [0.15, 0.2) is 88.2 Å². The first-order valence-electron chi connectivity index (χ1n) is 12.6. The summed E-state index contributed by atoms with van der Waals surface area (Å²) in [6.45, 7) is 2.51. The minimum Gasteiger partial charge on any atom is -0.497 e. The first kappa shape index (κ1) is 26.1. The molecule has 0 bridgehead atoms. The number of amides is 1. The van der Waals surface area contributed by atoms with Crippen molar-refractivity contribution in [1.82, 2.24) is 5.32 Å². The lowest BCUT2D eigenvalue weighted by atomic mass is 9.80. The van der Waals surface area contributed by atoms with Gasteiger partial charge >= 0.3 is 0 Å². The zero-order valence-corrected chi connectivity index (χ0v) is 23.1. The van der Waals surface area contributed by atoms with Crippen LogP contribution in [0.2, 0.25) is 0 Å². The molecule has 1 aliphatic rings. The Morgan fingerprint density at radius 2 is 1.76 bits per heavy atom. The van der Waals surface area contributed by atoms with Gasteiger partial charge in [-0.05, 0) is 53.6 Å². The number of methoxy groups -OCH3 is 1. The van der Waals surface area contributed by atoms with Crippen molar-refractivity contribution < 1.29 is 14.7 Å². The Bertz CT molecular complexity index is 1430. The second-order valence-corrected chi connectivity index (χ2v) is 11.7. The van der Waals surface area contributed by atoms with Gasteiger partial charge in [-0.15, -0.1) is 23.1 Å². The Morgan fingerprint density at radius 3 is 2.45 bits per heavy atom. The maximum absolute atomic E-state index is 13.5. The fourth-order valence-electron chi connectivity index (χ4n) is 4.76. The standard InChI is InChI=1S/C31H30N2O3S2/c1-20-8-10-21(11-9-20)18-32-30(34)29-26-16-24(23-12-14-25(36-2)15-13-23)17-27(33-35)28(26)31(38-29)37-19-22-6-4-3-5-7-22/h3-15,24,35H,16-19H2,1-2H3,(H,32,34)/b33-27+. The van der Waals surface area contributed by atoms with Crippen LogP contribution in [0.3, 0.4) is 0 Å². The molecule has 1 aromatic heterocycles. The lowest BCUT2D eigenvalue weighted by molar-refractivity contribution is 0.0954. The molecule has 4 aromatic rings. The highest BCUT2D eigenvalue weighted by Crippen LogP contribution is 2.45. The maximum Gasteiger partial charge on any atom is 0.261 e. The summed E-state index contributed by atoms with van der Waals surface area (Å²) in [6.07, 6.45) is 1.31. The number of nitrogens with one attached hydrogen (secondary N) is 1. The second-order valence-electron chi connectivity index (χ2n) is 9.44. The zero-order chi connectivity index (χ0) is 26.5. The predicted octanol–water partition coefficient (Wildman–Crippen LogP) is 7.20. The number of hydrogen-bond donors (Lipinski definition) is 2. The average Bonchev–Trinajstić information content (AvgIpc) is 3.34. The fourth-order valence-corrected chi connectivity index (χ4v) is 7.30. The summed E-state index contributed by atoms with van der Waals surface area (Å²) < 4.78 is 6.34. The molecule has 0 saturated carbocycles. The number of aryl methyl sites for hydroxylation is 1. The Hall–Kier alpha value is -3.55. The van der Waals surface area contributed by atoms with Gasteiger partial charge in [0, 0.05) is 24.3 Å². The van der Waals surface area contributed by atoms with Crippen LogP contribution >= 0.6 is 23.1 Å². The Labute approximate surface area is 231 Å². The number of oxime groups is 1. The van der Waals surface area contributed by atoms with Crippen LogP contribution in [0.4, 0.5) is 0 Å². The van der Waals surface area contributed by atoms with Crippen molar-refractivity contribution in [1.29, 1.82) is 0 Å². The molecule has 1 heterocycles. The molecule has 0 saturated heterocycles. The van der Waals surface area contributed by atoms with Gasteiger partial charge in [0.05, 0.1) is 21.9 Å². The van der Waals surface area contributed by atoms with Gasteiger partial charge in [0.15, 0.2) is 0 Å². The number of ether oxygens (including phenoxy) is 1. The molecule has 0 fully saturated rings. The smallest absolute Gasteiger partial charge is 0.261 e. The highest BCUT2D eigenvalue weighted by atomic mass is 32.2. The van der Waals surface area contributed by atoms with Crippen molar-refractivity contribution in [2.24, 2.45) is 5.16 Å². The summed E-state index contributed by atoms with van der Waals surface area (Å²) in [4.78, 5) is 14.2. The Balaban J connectivity index is 1.46. The van der Waals surface area contributed by atoms with Gasteiger partial charge in [-0.25, -0.2) is 0 Å². The highest BCUT2D eigenvalue weighted by molar-refractivity contribution is 8.00. The average molecular weight is 543 g/mol. The molecule has 0 aliphatic heterocycles. The molecule has 194 valence electrons. The number of fused-ring (bicyclic) bond motifs is 1. The van der Waals surface area contributed by atoms with Crippen LogP contribution in [0.25, 0.3) is 0 Å². The van der Waals surface area contributed by atoms with Crippen molar-refractivity contribution in [2.45, 2.75) is 42.2 Å². The van der Waals surface area contributed by atoms with E-state index >= 15 is 0 Å². The maximum atomic E-state index is 13.5. The fraction of sp³-hybridized carbons (Fsp3) is 0.226. The highest BCUT2D eigenvalue weighted by Gasteiger charge is 2.34. The van der Waals surface area contributed by atoms with Crippen LogP contribution < -0.4 is 10.1 Å². The minimum absolute atomic E-state index is 0.0916. The molecule has 38 heavy (non-hydrogen) atoms. The quantitative estimate of drug-likeness (QED) is 0.140. The van der Waals surface area contributed by atoms with E-state index in [2.05, 4.69) is 53.8 Å². The van der Waals surface area contributed by atoms with Crippen molar-refractivity contribution in [3.8, 4) is 5.75 Å². The van der Waals surface area contributed by atoms with Gasteiger partial charge in [0.1, 0.15) is 5.75 Å². The van der Waals surface area contributed by atoms with E-state index < -0.39 is 0 Å². The van der Waals surface area contributed by atoms with Gasteiger partial charge in [-0.1, -0.05) is 77.4 Å². The van der Waals surface area contributed by atoms with Crippen molar-refractivity contribution in [2.75, 3.05) is 7.11 Å².